The Morgan fingerprint density at radius 1 is 1.19 bits per heavy atom. The van der Waals surface area contributed by atoms with Crippen molar-refractivity contribution in [1.82, 2.24) is 9.80 Å². The van der Waals surface area contributed by atoms with Crippen molar-refractivity contribution in [3.63, 3.8) is 0 Å². The van der Waals surface area contributed by atoms with Crippen LogP contribution in [0.1, 0.15) is 6.92 Å². The molecule has 0 amide bonds. The molecule has 1 aromatic rings. The number of halogens is 2. The molecule has 1 aliphatic heterocycles. The molecule has 0 saturated carbocycles. The Labute approximate surface area is 136 Å². The van der Waals surface area contributed by atoms with Crippen molar-refractivity contribution in [3.8, 4) is 5.75 Å². The molecule has 0 aromatic heterocycles. The number of aliphatic hydroxyl groups is 1. The number of hydrogen-bond donors (Lipinski definition) is 1. The summed E-state index contributed by atoms with van der Waals surface area (Å²) < 4.78 is 5.56. The fourth-order valence-corrected chi connectivity index (χ4v) is 2.88. The van der Waals surface area contributed by atoms with Gasteiger partial charge in [0.2, 0.25) is 0 Å². The van der Waals surface area contributed by atoms with Crippen LogP contribution in [0.4, 0.5) is 0 Å². The number of piperazine rings is 1. The first kappa shape index (κ1) is 16.8. The Kier molecular flexibility index (Phi) is 6.58. The second-order valence-electron chi connectivity index (χ2n) is 5.27. The SMILES string of the molecule is CCN1CCN(CC(O)COc2ccc(Cl)cc2Cl)CC1. The number of nitrogens with zero attached hydrogens (tertiary/aromatic N) is 2. The van der Waals surface area contributed by atoms with Gasteiger partial charge in [0.1, 0.15) is 18.5 Å². The summed E-state index contributed by atoms with van der Waals surface area (Å²) in [6.07, 6.45) is -0.523. The molecule has 1 N–H and O–H groups in total. The highest BCUT2D eigenvalue weighted by Crippen LogP contribution is 2.27. The van der Waals surface area contributed by atoms with Crippen LogP contribution in [0.15, 0.2) is 18.2 Å². The van der Waals surface area contributed by atoms with E-state index in [-0.39, 0.29) is 6.61 Å². The average molecular weight is 333 g/mol. The normalized spacial score (nSPS) is 18.7. The smallest absolute Gasteiger partial charge is 0.138 e. The zero-order valence-electron chi connectivity index (χ0n) is 12.3. The van der Waals surface area contributed by atoms with Crippen LogP contribution in [-0.4, -0.2) is 66.9 Å². The maximum atomic E-state index is 10.1. The van der Waals surface area contributed by atoms with E-state index in [2.05, 4.69) is 16.7 Å². The predicted molar refractivity (Wildman–Crippen MR) is 86.5 cm³/mol. The van der Waals surface area contributed by atoms with E-state index in [1.165, 1.54) is 0 Å². The van der Waals surface area contributed by atoms with E-state index in [4.69, 9.17) is 27.9 Å². The number of rotatable bonds is 6. The number of aliphatic hydroxyl groups excluding tert-OH is 1. The zero-order valence-corrected chi connectivity index (χ0v) is 13.8. The molecule has 2 rings (SSSR count). The Morgan fingerprint density at radius 2 is 1.86 bits per heavy atom. The van der Waals surface area contributed by atoms with Gasteiger partial charge in [-0.3, -0.25) is 4.90 Å². The minimum atomic E-state index is -0.523. The first-order valence-electron chi connectivity index (χ1n) is 7.29. The van der Waals surface area contributed by atoms with Crippen molar-refractivity contribution in [2.45, 2.75) is 13.0 Å². The molecule has 0 bridgehead atoms. The van der Waals surface area contributed by atoms with Gasteiger partial charge in [-0.2, -0.15) is 0 Å². The second-order valence-corrected chi connectivity index (χ2v) is 6.12. The first-order valence-corrected chi connectivity index (χ1v) is 8.04. The number of β-amino-alcohol motifs (C(OH)–C–C–N with tert-alkyl or cyclic N) is 1. The van der Waals surface area contributed by atoms with Crippen molar-refractivity contribution in [3.05, 3.63) is 28.2 Å². The van der Waals surface area contributed by atoms with Crippen molar-refractivity contribution < 1.29 is 9.84 Å². The van der Waals surface area contributed by atoms with E-state index in [0.717, 1.165) is 32.7 Å². The molecule has 1 atom stereocenters. The summed E-state index contributed by atoms with van der Waals surface area (Å²) in [4.78, 5) is 4.68. The van der Waals surface area contributed by atoms with Crippen LogP contribution in [0, 0.1) is 0 Å². The number of hydrogen-bond acceptors (Lipinski definition) is 4. The van der Waals surface area contributed by atoms with E-state index < -0.39 is 6.10 Å². The van der Waals surface area contributed by atoms with Gasteiger partial charge in [-0.15, -0.1) is 0 Å². The maximum Gasteiger partial charge on any atom is 0.138 e. The Bertz CT molecular complexity index is 451. The summed E-state index contributed by atoms with van der Waals surface area (Å²) in [5.41, 5.74) is 0. The lowest BCUT2D eigenvalue weighted by Gasteiger charge is -2.34. The highest BCUT2D eigenvalue weighted by atomic mass is 35.5. The minimum absolute atomic E-state index is 0.231. The molecule has 0 radical (unpaired) electrons. The average Bonchev–Trinajstić information content (AvgIpc) is 2.47. The third-order valence-electron chi connectivity index (χ3n) is 3.71. The van der Waals surface area contributed by atoms with Crippen LogP contribution >= 0.6 is 23.2 Å². The molecular formula is C15H22Cl2N2O2. The van der Waals surface area contributed by atoms with Crippen molar-refractivity contribution >= 4 is 23.2 Å². The molecule has 1 heterocycles. The molecule has 0 spiro atoms. The van der Waals surface area contributed by atoms with E-state index in [1.54, 1.807) is 18.2 Å². The fraction of sp³-hybridized carbons (Fsp3) is 0.600. The molecule has 1 saturated heterocycles. The molecular weight excluding hydrogens is 311 g/mol. The lowest BCUT2D eigenvalue weighted by Crippen LogP contribution is -2.49. The molecule has 1 fully saturated rings. The summed E-state index contributed by atoms with van der Waals surface area (Å²) in [5.74, 6) is 0.552. The topological polar surface area (TPSA) is 35.9 Å². The van der Waals surface area contributed by atoms with Gasteiger partial charge in [0.25, 0.3) is 0 Å². The maximum absolute atomic E-state index is 10.1. The van der Waals surface area contributed by atoms with Crippen LogP contribution in [0.5, 0.6) is 5.75 Å². The van der Waals surface area contributed by atoms with E-state index in [1.807, 2.05) is 0 Å². The number of benzene rings is 1. The van der Waals surface area contributed by atoms with E-state index >= 15 is 0 Å². The highest BCUT2D eigenvalue weighted by molar-refractivity contribution is 6.35. The predicted octanol–water partition coefficient (Wildman–Crippen LogP) is 2.37. The van der Waals surface area contributed by atoms with Crippen LogP contribution in [0.3, 0.4) is 0 Å². The monoisotopic (exact) mass is 332 g/mol. The largest absolute Gasteiger partial charge is 0.489 e. The van der Waals surface area contributed by atoms with E-state index in [9.17, 15) is 5.11 Å². The summed E-state index contributed by atoms with van der Waals surface area (Å²) in [6.45, 7) is 8.24. The molecule has 118 valence electrons. The molecule has 1 aliphatic rings. The van der Waals surface area contributed by atoms with E-state index in [0.29, 0.717) is 22.3 Å². The third-order valence-corrected chi connectivity index (χ3v) is 4.24. The Hall–Kier alpha value is -0.520. The molecule has 4 nitrogen and oxygen atoms in total. The Morgan fingerprint density at radius 3 is 2.48 bits per heavy atom. The summed E-state index contributed by atoms with van der Waals surface area (Å²) in [5, 5.41) is 11.1. The van der Waals surface area contributed by atoms with Crippen LogP contribution < -0.4 is 4.74 Å². The van der Waals surface area contributed by atoms with Gasteiger partial charge < -0.3 is 14.7 Å². The van der Waals surface area contributed by atoms with Crippen molar-refractivity contribution in [1.29, 1.82) is 0 Å². The summed E-state index contributed by atoms with van der Waals surface area (Å²) >= 11 is 11.9. The van der Waals surface area contributed by atoms with Gasteiger partial charge in [0.05, 0.1) is 5.02 Å². The van der Waals surface area contributed by atoms with Crippen molar-refractivity contribution in [2.75, 3.05) is 45.9 Å². The lowest BCUT2D eigenvalue weighted by atomic mass is 10.2. The first-order chi connectivity index (χ1) is 10.1. The minimum Gasteiger partial charge on any atom is -0.489 e. The van der Waals surface area contributed by atoms with Gasteiger partial charge >= 0.3 is 0 Å². The van der Waals surface area contributed by atoms with Crippen LogP contribution in [0.25, 0.3) is 0 Å². The third kappa shape index (κ3) is 5.31. The highest BCUT2D eigenvalue weighted by Gasteiger charge is 2.18. The standard InChI is InChI=1S/C15H22Cl2N2O2/c1-2-18-5-7-19(8-6-18)10-13(20)11-21-15-4-3-12(16)9-14(15)17/h3-4,9,13,20H,2,5-8,10-11H2,1H3. The quantitative estimate of drug-likeness (QED) is 0.867. The van der Waals surface area contributed by atoms with Crippen LogP contribution in [0.2, 0.25) is 10.0 Å². The molecule has 0 aliphatic carbocycles. The second kappa shape index (κ2) is 8.20. The van der Waals surface area contributed by atoms with Crippen LogP contribution in [-0.2, 0) is 0 Å². The zero-order chi connectivity index (χ0) is 15.2. The van der Waals surface area contributed by atoms with Gasteiger partial charge in [0, 0.05) is 37.7 Å². The molecule has 21 heavy (non-hydrogen) atoms. The molecule has 1 aromatic carbocycles. The Balaban J connectivity index is 1.73. The van der Waals surface area contributed by atoms with Gasteiger partial charge in [-0.05, 0) is 24.7 Å². The lowest BCUT2D eigenvalue weighted by molar-refractivity contribution is 0.0471. The van der Waals surface area contributed by atoms with Gasteiger partial charge in [-0.25, -0.2) is 0 Å². The fourth-order valence-electron chi connectivity index (χ4n) is 2.42. The van der Waals surface area contributed by atoms with Crippen molar-refractivity contribution in [2.24, 2.45) is 0 Å². The molecule has 1 unspecified atom stereocenters. The number of ether oxygens (including phenoxy) is 1. The summed E-state index contributed by atoms with van der Waals surface area (Å²) in [7, 11) is 0. The molecule has 6 heteroatoms. The number of likely N-dealkylation sites (N-methyl/N-ethyl adjacent to an activating group) is 1. The van der Waals surface area contributed by atoms with Gasteiger partial charge in [-0.1, -0.05) is 30.1 Å². The van der Waals surface area contributed by atoms with Gasteiger partial charge in [0.15, 0.2) is 0 Å². The summed E-state index contributed by atoms with van der Waals surface area (Å²) in [6, 6.07) is 5.07.